The molecule has 0 fully saturated rings. The zero-order valence-corrected chi connectivity index (χ0v) is 8.82. The Hall–Kier alpha value is -1.50. The van der Waals surface area contributed by atoms with E-state index in [-0.39, 0.29) is 5.33 Å². The van der Waals surface area contributed by atoms with Gasteiger partial charge in [-0.1, -0.05) is 15.9 Å². The molecule has 0 radical (unpaired) electrons. The van der Waals surface area contributed by atoms with Gasteiger partial charge in [-0.25, -0.2) is 4.79 Å². The van der Waals surface area contributed by atoms with Crippen LogP contribution in [0.1, 0.15) is 15.9 Å². The van der Waals surface area contributed by atoms with E-state index < -0.39 is 28.0 Å². The zero-order chi connectivity index (χ0) is 11.6. The molecular formula is C8H5BrFNO4. The van der Waals surface area contributed by atoms with Gasteiger partial charge in [0, 0.05) is 5.33 Å². The zero-order valence-electron chi connectivity index (χ0n) is 7.24. The number of rotatable bonds is 3. The summed E-state index contributed by atoms with van der Waals surface area (Å²) >= 11 is 3.01. The maximum atomic E-state index is 13.2. The minimum atomic E-state index is -1.52. The van der Waals surface area contributed by atoms with Crippen molar-refractivity contribution in [3.63, 3.8) is 0 Å². The Morgan fingerprint density at radius 3 is 2.60 bits per heavy atom. The average Bonchev–Trinajstić information content (AvgIpc) is 2.15. The fourth-order valence-electron chi connectivity index (χ4n) is 1.08. The lowest BCUT2D eigenvalue weighted by Gasteiger charge is -2.01. The molecule has 15 heavy (non-hydrogen) atoms. The molecule has 80 valence electrons. The van der Waals surface area contributed by atoms with Crippen LogP contribution in [0, 0.1) is 15.9 Å². The molecule has 1 aromatic rings. The second-order valence-electron chi connectivity index (χ2n) is 2.67. The van der Waals surface area contributed by atoms with Crippen LogP contribution in [0.4, 0.5) is 10.1 Å². The molecule has 0 spiro atoms. The van der Waals surface area contributed by atoms with Crippen molar-refractivity contribution in [3.8, 4) is 0 Å². The Balaban J connectivity index is 3.49. The number of hydrogen-bond acceptors (Lipinski definition) is 3. The lowest BCUT2D eigenvalue weighted by Crippen LogP contribution is -2.06. The molecule has 0 unspecified atom stereocenters. The van der Waals surface area contributed by atoms with Crippen molar-refractivity contribution < 1.29 is 19.2 Å². The summed E-state index contributed by atoms with van der Waals surface area (Å²) in [5.41, 5.74) is -1.32. The third-order valence-corrected chi connectivity index (χ3v) is 2.34. The molecule has 0 aliphatic rings. The normalized spacial score (nSPS) is 10.0. The van der Waals surface area contributed by atoms with Crippen molar-refractivity contribution in [2.75, 3.05) is 0 Å². The van der Waals surface area contributed by atoms with Crippen molar-refractivity contribution in [2.24, 2.45) is 0 Å². The molecule has 0 amide bonds. The molecule has 1 aromatic carbocycles. The average molecular weight is 278 g/mol. The fourth-order valence-corrected chi connectivity index (χ4v) is 1.40. The molecule has 0 bridgehead atoms. The minimum absolute atomic E-state index is 0.224. The summed E-state index contributed by atoms with van der Waals surface area (Å²) in [4.78, 5) is 20.1. The van der Waals surface area contributed by atoms with Crippen LogP contribution in [0.15, 0.2) is 12.1 Å². The summed E-state index contributed by atoms with van der Waals surface area (Å²) < 4.78 is 13.2. The maximum absolute atomic E-state index is 13.2. The van der Waals surface area contributed by atoms with Crippen molar-refractivity contribution >= 4 is 27.6 Å². The minimum Gasteiger partial charge on any atom is -0.477 e. The van der Waals surface area contributed by atoms with E-state index in [1.165, 1.54) is 0 Å². The SMILES string of the molecule is O=C(O)c1cc(CBr)cc(F)c1[N+](=O)[O-]. The van der Waals surface area contributed by atoms with Gasteiger partial charge in [-0.2, -0.15) is 4.39 Å². The molecule has 5 nitrogen and oxygen atoms in total. The van der Waals surface area contributed by atoms with Crippen molar-refractivity contribution in [1.82, 2.24) is 0 Å². The topological polar surface area (TPSA) is 80.4 Å². The summed E-state index contributed by atoms with van der Waals surface area (Å²) in [5.74, 6) is -2.67. The van der Waals surface area contributed by atoms with Crippen LogP contribution in [0.2, 0.25) is 0 Å². The van der Waals surface area contributed by atoms with E-state index in [0.29, 0.717) is 5.56 Å². The summed E-state index contributed by atoms with van der Waals surface area (Å²) in [6.07, 6.45) is 0. The molecule has 0 aromatic heterocycles. The van der Waals surface area contributed by atoms with Crippen LogP contribution < -0.4 is 0 Å². The number of nitro groups is 1. The highest BCUT2D eigenvalue weighted by atomic mass is 79.9. The van der Waals surface area contributed by atoms with Gasteiger partial charge in [-0.15, -0.1) is 0 Å². The number of carboxylic acid groups (broad SMARTS) is 1. The molecule has 1 rings (SSSR count). The number of halogens is 2. The van der Waals surface area contributed by atoms with Crippen LogP contribution in [0.3, 0.4) is 0 Å². The van der Waals surface area contributed by atoms with E-state index in [1.54, 1.807) is 0 Å². The predicted octanol–water partition coefficient (Wildman–Crippen LogP) is 2.33. The molecule has 0 saturated heterocycles. The molecule has 0 aliphatic carbocycles. The van der Waals surface area contributed by atoms with Gasteiger partial charge in [0.1, 0.15) is 5.56 Å². The number of aromatic carboxylic acids is 1. The second-order valence-corrected chi connectivity index (χ2v) is 3.23. The van der Waals surface area contributed by atoms with Gasteiger partial charge >= 0.3 is 11.7 Å². The van der Waals surface area contributed by atoms with E-state index in [1.807, 2.05) is 0 Å². The Labute approximate surface area is 91.8 Å². The smallest absolute Gasteiger partial charge is 0.342 e. The van der Waals surface area contributed by atoms with Gasteiger partial charge in [0.05, 0.1) is 4.92 Å². The Bertz CT molecular complexity index is 435. The Morgan fingerprint density at radius 1 is 1.60 bits per heavy atom. The van der Waals surface area contributed by atoms with Crippen LogP contribution in [-0.2, 0) is 5.33 Å². The monoisotopic (exact) mass is 277 g/mol. The number of nitrogens with zero attached hydrogens (tertiary/aromatic N) is 1. The fraction of sp³-hybridized carbons (Fsp3) is 0.125. The Morgan fingerprint density at radius 2 is 2.20 bits per heavy atom. The van der Waals surface area contributed by atoms with E-state index in [4.69, 9.17) is 5.11 Å². The van der Waals surface area contributed by atoms with Gasteiger partial charge in [0.15, 0.2) is 0 Å². The number of carboxylic acids is 1. The third-order valence-electron chi connectivity index (χ3n) is 1.69. The van der Waals surface area contributed by atoms with Crippen molar-refractivity contribution in [3.05, 3.63) is 39.2 Å². The van der Waals surface area contributed by atoms with E-state index in [2.05, 4.69) is 15.9 Å². The first kappa shape index (κ1) is 11.6. The molecule has 0 saturated carbocycles. The van der Waals surface area contributed by atoms with Gasteiger partial charge in [0.2, 0.25) is 5.82 Å². The van der Waals surface area contributed by atoms with Gasteiger partial charge in [0.25, 0.3) is 0 Å². The lowest BCUT2D eigenvalue weighted by molar-refractivity contribution is -0.387. The number of benzene rings is 1. The third kappa shape index (κ3) is 2.30. The molecule has 0 heterocycles. The number of hydrogen-bond donors (Lipinski definition) is 1. The van der Waals surface area contributed by atoms with E-state index in [9.17, 15) is 19.3 Å². The Kier molecular flexibility index (Phi) is 3.35. The van der Waals surface area contributed by atoms with E-state index >= 15 is 0 Å². The first-order valence-electron chi connectivity index (χ1n) is 3.73. The predicted molar refractivity (Wildman–Crippen MR) is 52.6 cm³/mol. The van der Waals surface area contributed by atoms with Crippen molar-refractivity contribution in [1.29, 1.82) is 0 Å². The van der Waals surface area contributed by atoms with Crippen LogP contribution in [0.5, 0.6) is 0 Å². The first-order valence-corrected chi connectivity index (χ1v) is 4.85. The largest absolute Gasteiger partial charge is 0.477 e. The molecule has 0 atom stereocenters. The quantitative estimate of drug-likeness (QED) is 0.522. The standard InChI is InChI=1S/C8H5BrFNO4/c9-3-4-1-5(8(12)13)7(11(14)15)6(10)2-4/h1-2H,3H2,(H,12,13). The van der Waals surface area contributed by atoms with E-state index in [0.717, 1.165) is 12.1 Å². The summed E-state index contributed by atoms with van der Waals surface area (Å²) in [5, 5.41) is 19.3. The molecule has 1 N–H and O–H groups in total. The van der Waals surface area contributed by atoms with Crippen LogP contribution >= 0.6 is 15.9 Å². The van der Waals surface area contributed by atoms with Crippen molar-refractivity contribution in [2.45, 2.75) is 5.33 Å². The number of carbonyl (C=O) groups is 1. The highest BCUT2D eigenvalue weighted by Crippen LogP contribution is 2.25. The number of alkyl halides is 1. The van der Waals surface area contributed by atoms with Crippen LogP contribution in [0.25, 0.3) is 0 Å². The maximum Gasteiger partial charge on any atom is 0.342 e. The van der Waals surface area contributed by atoms with Crippen LogP contribution in [-0.4, -0.2) is 16.0 Å². The highest BCUT2D eigenvalue weighted by molar-refractivity contribution is 9.08. The molecule has 0 aliphatic heterocycles. The first-order chi connectivity index (χ1) is 6.97. The summed E-state index contributed by atoms with van der Waals surface area (Å²) in [7, 11) is 0. The second kappa shape index (κ2) is 4.35. The lowest BCUT2D eigenvalue weighted by atomic mass is 10.1. The van der Waals surface area contributed by atoms with Gasteiger partial charge in [-0.3, -0.25) is 10.1 Å². The summed E-state index contributed by atoms with van der Waals surface area (Å²) in [6.45, 7) is 0. The molecular weight excluding hydrogens is 273 g/mol. The van der Waals surface area contributed by atoms with Gasteiger partial charge in [-0.05, 0) is 17.7 Å². The highest BCUT2D eigenvalue weighted by Gasteiger charge is 2.25. The number of nitro benzene ring substituents is 1. The summed E-state index contributed by atoms with van der Waals surface area (Å²) in [6, 6.07) is 2.00. The van der Waals surface area contributed by atoms with Gasteiger partial charge < -0.3 is 5.11 Å². The molecule has 7 heteroatoms.